The van der Waals surface area contributed by atoms with Crippen LogP contribution in [0.2, 0.25) is 0 Å². The van der Waals surface area contributed by atoms with Crippen LogP contribution >= 0.6 is 0 Å². The highest BCUT2D eigenvalue weighted by atomic mass is 15.2. The number of hydrogen-bond acceptors (Lipinski definition) is 2. The first kappa shape index (κ1) is 7.03. The second kappa shape index (κ2) is 3.18. The van der Waals surface area contributed by atoms with Crippen molar-refractivity contribution in [3.8, 4) is 0 Å². The monoisotopic (exact) mass is 127 g/mol. The van der Waals surface area contributed by atoms with Gasteiger partial charge in [0.15, 0.2) is 0 Å². The van der Waals surface area contributed by atoms with Gasteiger partial charge in [-0.3, -0.25) is 4.90 Å². The third kappa shape index (κ3) is 1.66. The van der Waals surface area contributed by atoms with E-state index in [1.807, 2.05) is 0 Å². The Balaban J connectivity index is 2.22. The molecule has 1 rings (SSSR count). The van der Waals surface area contributed by atoms with E-state index in [0.29, 0.717) is 0 Å². The summed E-state index contributed by atoms with van der Waals surface area (Å²) in [6.07, 6.45) is 2.68. The fourth-order valence-electron chi connectivity index (χ4n) is 1.40. The third-order valence-electron chi connectivity index (χ3n) is 2.05. The molecule has 0 aliphatic carbocycles. The molecule has 1 unspecified atom stereocenters. The van der Waals surface area contributed by atoms with Crippen LogP contribution in [-0.4, -0.2) is 31.1 Å². The van der Waals surface area contributed by atoms with Crippen molar-refractivity contribution in [2.24, 2.45) is 0 Å². The topological polar surface area (TPSA) is 18.8 Å². The summed E-state index contributed by atoms with van der Waals surface area (Å²) < 4.78 is 0. The van der Waals surface area contributed by atoms with E-state index in [1.165, 1.54) is 19.4 Å². The maximum absolute atomic E-state index is 3.61. The maximum atomic E-state index is 3.61. The predicted octanol–water partition coefficient (Wildman–Crippen LogP) is -0.779. The molecular weight excluding hydrogens is 112 g/mol. The quantitative estimate of drug-likeness (QED) is 0.482. The van der Waals surface area contributed by atoms with Gasteiger partial charge in [0.1, 0.15) is 6.54 Å². The van der Waals surface area contributed by atoms with Crippen molar-refractivity contribution < 1.29 is 5.32 Å². The smallest absolute Gasteiger partial charge is 0.108 e. The molecule has 1 aliphatic heterocycles. The van der Waals surface area contributed by atoms with E-state index in [4.69, 9.17) is 0 Å². The van der Waals surface area contributed by atoms with Crippen molar-refractivity contribution in [1.29, 1.82) is 0 Å². The Labute approximate surface area is 57.2 Å². The molecule has 1 heterocycles. The number of nitrogens with zero attached hydrogens (tertiary/aromatic N) is 1. The second-order valence-electron chi connectivity index (χ2n) is 2.73. The van der Waals surface area contributed by atoms with Crippen LogP contribution in [-0.2, 0) is 0 Å². The minimum absolute atomic E-state index is 0.738. The van der Waals surface area contributed by atoms with Gasteiger partial charge in [-0.15, -0.1) is 7.05 Å². The van der Waals surface area contributed by atoms with E-state index in [9.17, 15) is 0 Å². The largest absolute Gasteiger partial charge is 0.333 e. The summed E-state index contributed by atoms with van der Waals surface area (Å²) in [5, 5.41) is 2.95. The third-order valence-corrected chi connectivity index (χ3v) is 2.05. The zero-order chi connectivity index (χ0) is 6.69. The molecule has 0 saturated carbocycles. The molecule has 0 bridgehead atoms. The summed E-state index contributed by atoms with van der Waals surface area (Å²) in [5.41, 5.74) is 0. The van der Waals surface area contributed by atoms with Crippen LogP contribution in [0.4, 0.5) is 0 Å². The van der Waals surface area contributed by atoms with Crippen molar-refractivity contribution in [2.75, 3.05) is 20.1 Å². The highest BCUT2D eigenvalue weighted by Crippen LogP contribution is 2.11. The van der Waals surface area contributed by atoms with Crippen molar-refractivity contribution in [3.05, 3.63) is 7.05 Å². The molecule has 1 aliphatic rings. The molecular formula is C7H15N2. The minimum Gasteiger partial charge on any atom is -0.333 e. The Morgan fingerprint density at radius 1 is 1.78 bits per heavy atom. The van der Waals surface area contributed by atoms with Gasteiger partial charge in [-0.05, 0) is 26.4 Å². The van der Waals surface area contributed by atoms with Gasteiger partial charge in [-0.2, -0.15) is 0 Å². The SMILES string of the molecule is [CH2-][NH+]CC1CCCN1C. The van der Waals surface area contributed by atoms with E-state index in [1.54, 1.807) is 0 Å². The van der Waals surface area contributed by atoms with Gasteiger partial charge in [0.2, 0.25) is 0 Å². The van der Waals surface area contributed by atoms with E-state index in [-0.39, 0.29) is 0 Å². The van der Waals surface area contributed by atoms with Gasteiger partial charge >= 0.3 is 0 Å². The zero-order valence-corrected chi connectivity index (χ0v) is 6.06. The number of likely N-dealkylation sites (tertiary alicyclic amines) is 1. The zero-order valence-electron chi connectivity index (χ0n) is 6.06. The van der Waals surface area contributed by atoms with Gasteiger partial charge < -0.3 is 5.32 Å². The molecule has 1 atom stereocenters. The summed E-state index contributed by atoms with van der Waals surface area (Å²) >= 11 is 0. The minimum atomic E-state index is 0.738. The molecule has 1 N–H and O–H groups in total. The number of hydrogen-bond donors (Lipinski definition) is 1. The van der Waals surface area contributed by atoms with Crippen LogP contribution in [0, 0.1) is 7.05 Å². The molecule has 9 heavy (non-hydrogen) atoms. The Hall–Kier alpha value is -0.0800. The van der Waals surface area contributed by atoms with E-state index in [2.05, 4.69) is 24.3 Å². The lowest BCUT2D eigenvalue weighted by atomic mass is 10.2. The summed E-state index contributed by atoms with van der Waals surface area (Å²) in [6.45, 7) is 2.29. The Morgan fingerprint density at radius 3 is 3.00 bits per heavy atom. The highest BCUT2D eigenvalue weighted by molar-refractivity contribution is 4.74. The van der Waals surface area contributed by atoms with Crippen LogP contribution in [0.25, 0.3) is 0 Å². The first-order valence-electron chi connectivity index (χ1n) is 3.55. The molecule has 1 fully saturated rings. The molecule has 0 amide bonds. The average molecular weight is 127 g/mol. The van der Waals surface area contributed by atoms with Crippen LogP contribution in [0.5, 0.6) is 0 Å². The van der Waals surface area contributed by atoms with Gasteiger partial charge in [0, 0.05) is 0 Å². The van der Waals surface area contributed by atoms with Gasteiger partial charge in [0.05, 0.1) is 6.04 Å². The molecule has 0 aromatic carbocycles. The van der Waals surface area contributed by atoms with Crippen LogP contribution < -0.4 is 5.32 Å². The molecule has 53 valence electrons. The highest BCUT2D eigenvalue weighted by Gasteiger charge is 2.20. The van der Waals surface area contributed by atoms with E-state index >= 15 is 0 Å². The molecule has 0 aromatic heterocycles. The van der Waals surface area contributed by atoms with Gasteiger partial charge in [0.25, 0.3) is 0 Å². The molecule has 2 nitrogen and oxygen atoms in total. The van der Waals surface area contributed by atoms with E-state index < -0.39 is 0 Å². The predicted molar refractivity (Wildman–Crippen MR) is 36.8 cm³/mol. The maximum Gasteiger partial charge on any atom is 0.108 e. The van der Waals surface area contributed by atoms with E-state index in [0.717, 1.165) is 12.6 Å². The first-order valence-corrected chi connectivity index (χ1v) is 3.55. The number of nitrogens with one attached hydrogen (secondary N) is 1. The fraction of sp³-hybridized carbons (Fsp3) is 0.857. The Kier molecular flexibility index (Phi) is 2.49. The fourth-order valence-corrected chi connectivity index (χ4v) is 1.40. The van der Waals surface area contributed by atoms with Crippen molar-refractivity contribution in [2.45, 2.75) is 18.9 Å². The summed E-state index contributed by atoms with van der Waals surface area (Å²) in [6, 6.07) is 0.738. The number of likely N-dealkylation sites (N-methyl/N-ethyl adjacent to an activating group) is 1. The Bertz CT molecular complexity index is 83.0. The van der Waals surface area contributed by atoms with Crippen molar-refractivity contribution in [1.82, 2.24) is 4.90 Å². The Morgan fingerprint density at radius 2 is 2.56 bits per heavy atom. The van der Waals surface area contributed by atoms with Crippen molar-refractivity contribution in [3.63, 3.8) is 0 Å². The normalized spacial score (nSPS) is 29.3. The lowest BCUT2D eigenvalue weighted by Gasteiger charge is -2.15. The second-order valence-corrected chi connectivity index (χ2v) is 2.73. The summed E-state index contributed by atoms with van der Waals surface area (Å²) in [4.78, 5) is 2.39. The lowest BCUT2D eigenvalue weighted by Crippen LogP contribution is -2.80. The summed E-state index contributed by atoms with van der Waals surface area (Å²) in [5.74, 6) is 0. The standard InChI is InChI=1S/C7H15N2/c1-8-6-7-4-3-5-9(7)2/h7-8H,1,3-6H2,2H3. The van der Waals surface area contributed by atoms with Crippen LogP contribution in [0.1, 0.15) is 12.8 Å². The molecule has 1 saturated heterocycles. The van der Waals surface area contributed by atoms with Crippen LogP contribution in [0.15, 0.2) is 0 Å². The van der Waals surface area contributed by atoms with Gasteiger partial charge in [-0.1, -0.05) is 0 Å². The van der Waals surface area contributed by atoms with Gasteiger partial charge in [-0.25, -0.2) is 0 Å². The first-order chi connectivity index (χ1) is 4.34. The summed E-state index contributed by atoms with van der Waals surface area (Å²) in [7, 11) is 5.78. The molecule has 0 spiro atoms. The lowest BCUT2D eigenvalue weighted by molar-refractivity contribution is -0.599. The average Bonchev–Trinajstić information content (AvgIpc) is 2.18. The molecule has 0 aromatic rings. The van der Waals surface area contributed by atoms with Crippen LogP contribution in [0.3, 0.4) is 0 Å². The number of rotatable bonds is 2. The molecule has 1 radical (unpaired) electrons. The van der Waals surface area contributed by atoms with Crippen molar-refractivity contribution >= 4 is 0 Å². The molecule has 2 heteroatoms.